The largest absolute Gasteiger partial charge is 0.340 e. The topological polar surface area (TPSA) is 46.3 Å². The van der Waals surface area contributed by atoms with Gasteiger partial charge in [-0.3, -0.25) is 4.79 Å². The molecule has 3 nitrogen and oxygen atoms in total. The van der Waals surface area contributed by atoms with Crippen LogP contribution in [0.15, 0.2) is 18.2 Å². The number of hydrogen-bond donors (Lipinski definition) is 1. The van der Waals surface area contributed by atoms with Crippen molar-refractivity contribution in [3.05, 3.63) is 33.8 Å². The molecule has 96 valence electrons. The first kappa shape index (κ1) is 16.5. The lowest BCUT2D eigenvalue weighted by molar-refractivity contribution is -0.131. The van der Waals surface area contributed by atoms with E-state index in [0.29, 0.717) is 16.6 Å². The highest BCUT2D eigenvalue weighted by Gasteiger charge is 2.15. The molecule has 17 heavy (non-hydrogen) atoms. The van der Waals surface area contributed by atoms with Crippen molar-refractivity contribution < 1.29 is 4.79 Å². The van der Waals surface area contributed by atoms with E-state index in [0.717, 1.165) is 5.56 Å². The van der Waals surface area contributed by atoms with Crippen molar-refractivity contribution in [1.82, 2.24) is 4.90 Å². The van der Waals surface area contributed by atoms with E-state index in [-0.39, 0.29) is 18.3 Å². The fourth-order valence-corrected chi connectivity index (χ4v) is 1.73. The predicted molar refractivity (Wildman–Crippen MR) is 73.8 cm³/mol. The van der Waals surface area contributed by atoms with Crippen molar-refractivity contribution in [2.75, 3.05) is 7.05 Å². The fourth-order valence-electron chi connectivity index (χ4n) is 1.35. The van der Waals surface area contributed by atoms with Crippen LogP contribution in [0.2, 0.25) is 10.0 Å². The van der Waals surface area contributed by atoms with Crippen LogP contribution in [0.1, 0.15) is 12.5 Å². The van der Waals surface area contributed by atoms with E-state index in [1.54, 1.807) is 26.1 Å². The molecular formula is C11H15Cl3N2O. The quantitative estimate of drug-likeness (QED) is 0.932. The molecular weight excluding hydrogens is 282 g/mol. The molecule has 1 amide bonds. The Morgan fingerprint density at radius 3 is 2.59 bits per heavy atom. The number of halogens is 3. The molecule has 0 saturated heterocycles. The molecule has 0 unspecified atom stereocenters. The molecule has 1 aromatic rings. The van der Waals surface area contributed by atoms with Crippen molar-refractivity contribution in [3.63, 3.8) is 0 Å². The molecule has 0 spiro atoms. The zero-order valence-electron chi connectivity index (χ0n) is 9.61. The minimum Gasteiger partial charge on any atom is -0.340 e. The summed E-state index contributed by atoms with van der Waals surface area (Å²) < 4.78 is 0. The summed E-state index contributed by atoms with van der Waals surface area (Å²) in [7, 11) is 1.68. The number of nitrogens with two attached hydrogens (primary N) is 1. The third-order valence-electron chi connectivity index (χ3n) is 2.20. The van der Waals surface area contributed by atoms with E-state index >= 15 is 0 Å². The van der Waals surface area contributed by atoms with Crippen LogP contribution < -0.4 is 5.73 Å². The summed E-state index contributed by atoms with van der Waals surface area (Å²) in [5.41, 5.74) is 6.32. The zero-order chi connectivity index (χ0) is 12.3. The van der Waals surface area contributed by atoms with Gasteiger partial charge in [0.05, 0.1) is 16.1 Å². The Bertz CT molecular complexity index is 396. The maximum Gasteiger partial charge on any atom is 0.239 e. The number of nitrogens with zero attached hydrogens (tertiary/aromatic N) is 1. The number of benzene rings is 1. The summed E-state index contributed by atoms with van der Waals surface area (Å²) in [5.74, 6) is -0.129. The van der Waals surface area contributed by atoms with Crippen LogP contribution in [0, 0.1) is 0 Å². The molecule has 0 aromatic heterocycles. The summed E-state index contributed by atoms with van der Waals surface area (Å²) in [6.45, 7) is 2.05. The Balaban J connectivity index is 0.00000256. The Morgan fingerprint density at radius 2 is 2.06 bits per heavy atom. The van der Waals surface area contributed by atoms with Gasteiger partial charge in [-0.05, 0) is 18.6 Å². The average Bonchev–Trinajstić information content (AvgIpc) is 2.23. The second-order valence-electron chi connectivity index (χ2n) is 3.70. The minimum atomic E-state index is -0.511. The van der Waals surface area contributed by atoms with E-state index < -0.39 is 6.04 Å². The van der Waals surface area contributed by atoms with E-state index in [9.17, 15) is 4.79 Å². The summed E-state index contributed by atoms with van der Waals surface area (Å²) in [6.07, 6.45) is 0. The standard InChI is InChI=1S/C11H14Cl2N2O.ClH/c1-7(14)11(16)15(2)6-8-4-3-5-9(12)10(8)13;/h3-5,7H,6,14H2,1-2H3;1H/t7-;/m0./s1. The summed E-state index contributed by atoms with van der Waals surface area (Å²) >= 11 is 11.9. The van der Waals surface area contributed by atoms with Gasteiger partial charge in [0.25, 0.3) is 0 Å². The number of hydrogen-bond acceptors (Lipinski definition) is 2. The van der Waals surface area contributed by atoms with Crippen LogP contribution in [-0.4, -0.2) is 23.9 Å². The van der Waals surface area contributed by atoms with Gasteiger partial charge in [0.2, 0.25) is 5.91 Å². The summed E-state index contributed by atoms with van der Waals surface area (Å²) in [5, 5.41) is 0.967. The van der Waals surface area contributed by atoms with Crippen molar-refractivity contribution in [2.24, 2.45) is 5.73 Å². The molecule has 1 aromatic carbocycles. The number of carbonyl (C=O) groups excluding carboxylic acids is 1. The average molecular weight is 298 g/mol. The highest BCUT2D eigenvalue weighted by molar-refractivity contribution is 6.42. The van der Waals surface area contributed by atoms with Gasteiger partial charge in [-0.15, -0.1) is 12.4 Å². The van der Waals surface area contributed by atoms with Gasteiger partial charge in [0.15, 0.2) is 0 Å². The molecule has 0 aliphatic heterocycles. The lowest BCUT2D eigenvalue weighted by Crippen LogP contribution is -2.39. The Hall–Kier alpha value is -0.480. The number of likely N-dealkylation sites (N-methyl/N-ethyl adjacent to an activating group) is 1. The first-order chi connectivity index (χ1) is 7.43. The smallest absolute Gasteiger partial charge is 0.239 e. The highest BCUT2D eigenvalue weighted by Crippen LogP contribution is 2.26. The maximum atomic E-state index is 11.6. The van der Waals surface area contributed by atoms with Crippen molar-refractivity contribution in [1.29, 1.82) is 0 Å². The SMILES string of the molecule is C[C@H](N)C(=O)N(C)Cc1cccc(Cl)c1Cl.Cl. The molecule has 0 saturated carbocycles. The van der Waals surface area contributed by atoms with Gasteiger partial charge in [-0.25, -0.2) is 0 Å². The minimum absolute atomic E-state index is 0. The van der Waals surface area contributed by atoms with Crippen molar-refractivity contribution in [2.45, 2.75) is 19.5 Å². The molecule has 0 bridgehead atoms. The van der Waals surface area contributed by atoms with Gasteiger partial charge >= 0.3 is 0 Å². The van der Waals surface area contributed by atoms with Crippen LogP contribution in [0.5, 0.6) is 0 Å². The van der Waals surface area contributed by atoms with Crippen molar-refractivity contribution >= 4 is 41.5 Å². The first-order valence-electron chi connectivity index (χ1n) is 4.87. The predicted octanol–water partition coefficient (Wildman–Crippen LogP) is 2.72. The molecule has 1 rings (SSSR count). The molecule has 0 aliphatic rings. The third kappa shape index (κ3) is 4.36. The molecule has 2 N–H and O–H groups in total. The second kappa shape index (κ2) is 7.07. The zero-order valence-corrected chi connectivity index (χ0v) is 11.9. The molecule has 0 fully saturated rings. The van der Waals surface area contributed by atoms with Gasteiger partial charge in [-0.1, -0.05) is 35.3 Å². The number of carbonyl (C=O) groups is 1. The maximum absolute atomic E-state index is 11.6. The lowest BCUT2D eigenvalue weighted by atomic mass is 10.2. The van der Waals surface area contributed by atoms with Crippen LogP contribution in [-0.2, 0) is 11.3 Å². The van der Waals surface area contributed by atoms with Gasteiger partial charge in [0, 0.05) is 13.6 Å². The molecule has 0 heterocycles. The van der Waals surface area contributed by atoms with Crippen molar-refractivity contribution in [3.8, 4) is 0 Å². The molecule has 1 atom stereocenters. The molecule has 0 radical (unpaired) electrons. The van der Waals surface area contributed by atoms with Crippen LogP contribution in [0.25, 0.3) is 0 Å². The highest BCUT2D eigenvalue weighted by atomic mass is 35.5. The van der Waals surface area contributed by atoms with Crippen LogP contribution >= 0.6 is 35.6 Å². The summed E-state index contributed by atoms with van der Waals surface area (Å²) in [6, 6.07) is 4.83. The van der Waals surface area contributed by atoms with Crippen LogP contribution in [0.3, 0.4) is 0 Å². The second-order valence-corrected chi connectivity index (χ2v) is 4.48. The molecule has 0 aliphatic carbocycles. The number of rotatable bonds is 3. The van der Waals surface area contributed by atoms with Crippen LogP contribution in [0.4, 0.5) is 0 Å². The lowest BCUT2D eigenvalue weighted by Gasteiger charge is -2.20. The van der Waals surface area contributed by atoms with Gasteiger partial charge < -0.3 is 10.6 Å². The number of amides is 1. The van der Waals surface area contributed by atoms with Gasteiger partial charge in [0.1, 0.15) is 0 Å². The molecule has 6 heteroatoms. The normalized spacial score (nSPS) is 11.6. The Labute approximate surface area is 117 Å². The van der Waals surface area contributed by atoms with E-state index in [2.05, 4.69) is 0 Å². The van der Waals surface area contributed by atoms with E-state index in [1.165, 1.54) is 4.90 Å². The Kier molecular flexibility index (Phi) is 6.87. The van der Waals surface area contributed by atoms with E-state index in [1.807, 2.05) is 6.07 Å². The first-order valence-corrected chi connectivity index (χ1v) is 5.62. The third-order valence-corrected chi connectivity index (χ3v) is 3.06. The van der Waals surface area contributed by atoms with Gasteiger partial charge in [-0.2, -0.15) is 0 Å². The monoisotopic (exact) mass is 296 g/mol. The fraction of sp³-hybridized carbons (Fsp3) is 0.364. The van der Waals surface area contributed by atoms with E-state index in [4.69, 9.17) is 28.9 Å². The summed E-state index contributed by atoms with van der Waals surface area (Å²) in [4.78, 5) is 13.1. The Morgan fingerprint density at radius 1 is 1.47 bits per heavy atom.